The molecule has 2 heterocycles. The summed E-state index contributed by atoms with van der Waals surface area (Å²) in [5.41, 5.74) is 5.64. The van der Waals surface area contributed by atoms with Gasteiger partial charge in [0.05, 0.1) is 0 Å². The minimum Gasteiger partial charge on any atom is -0.352 e. The largest absolute Gasteiger partial charge is 0.352 e. The fraction of sp³-hybridized carbons (Fsp3) is 0.583. The van der Waals surface area contributed by atoms with Crippen LogP contribution in [0.1, 0.15) is 13.3 Å². The molecule has 1 aromatic heterocycles. The van der Waals surface area contributed by atoms with Crippen LogP contribution in [0.4, 0.5) is 5.82 Å². The van der Waals surface area contributed by atoms with Gasteiger partial charge in [0.1, 0.15) is 0 Å². The van der Waals surface area contributed by atoms with Crippen molar-refractivity contribution >= 4 is 11.7 Å². The zero-order valence-electron chi connectivity index (χ0n) is 10.6. The van der Waals surface area contributed by atoms with Crippen LogP contribution in [-0.2, 0) is 4.79 Å². The number of nitrogens with zero attached hydrogens (tertiary/aromatic N) is 4. The van der Waals surface area contributed by atoms with E-state index in [1.54, 1.807) is 6.20 Å². The van der Waals surface area contributed by atoms with Gasteiger partial charge in [0.15, 0.2) is 5.82 Å². The van der Waals surface area contributed by atoms with E-state index in [-0.39, 0.29) is 11.9 Å². The Morgan fingerprint density at radius 2 is 2.17 bits per heavy atom. The van der Waals surface area contributed by atoms with Crippen molar-refractivity contribution in [2.24, 2.45) is 5.73 Å². The number of amides is 1. The van der Waals surface area contributed by atoms with Gasteiger partial charge in [0.25, 0.3) is 0 Å². The van der Waals surface area contributed by atoms with Gasteiger partial charge >= 0.3 is 0 Å². The quantitative estimate of drug-likeness (QED) is 0.807. The van der Waals surface area contributed by atoms with E-state index in [9.17, 15) is 4.79 Å². The Labute approximate surface area is 107 Å². The zero-order chi connectivity index (χ0) is 13.0. The Morgan fingerprint density at radius 3 is 2.72 bits per heavy atom. The molecule has 0 aliphatic carbocycles. The van der Waals surface area contributed by atoms with Crippen molar-refractivity contribution in [1.82, 2.24) is 15.1 Å². The molecule has 1 fully saturated rings. The second-order valence-corrected chi connectivity index (χ2v) is 4.63. The van der Waals surface area contributed by atoms with Crippen LogP contribution in [0, 0.1) is 0 Å². The molecular formula is C12H19N5O. The Kier molecular flexibility index (Phi) is 4.09. The molecule has 1 saturated heterocycles. The minimum absolute atomic E-state index is 0.0736. The molecular weight excluding hydrogens is 230 g/mol. The summed E-state index contributed by atoms with van der Waals surface area (Å²) in [6, 6.07) is 3.73. The molecule has 18 heavy (non-hydrogen) atoms. The number of carbonyl (C=O) groups excluding carboxylic acids is 1. The first-order valence-electron chi connectivity index (χ1n) is 6.23. The Hall–Kier alpha value is -1.69. The molecule has 2 rings (SSSR count). The van der Waals surface area contributed by atoms with Gasteiger partial charge < -0.3 is 15.5 Å². The lowest BCUT2D eigenvalue weighted by atomic mass is 10.2. The fourth-order valence-electron chi connectivity index (χ4n) is 2.05. The number of piperazine rings is 1. The van der Waals surface area contributed by atoms with Crippen molar-refractivity contribution in [3.05, 3.63) is 18.3 Å². The summed E-state index contributed by atoms with van der Waals surface area (Å²) >= 11 is 0. The van der Waals surface area contributed by atoms with E-state index in [0.717, 1.165) is 32.0 Å². The monoisotopic (exact) mass is 249 g/mol. The molecule has 1 unspecified atom stereocenters. The van der Waals surface area contributed by atoms with Crippen LogP contribution in [-0.4, -0.2) is 53.2 Å². The first-order chi connectivity index (χ1) is 8.66. The average molecular weight is 249 g/mol. The maximum absolute atomic E-state index is 11.9. The zero-order valence-corrected chi connectivity index (χ0v) is 10.6. The van der Waals surface area contributed by atoms with Crippen LogP contribution in [0.25, 0.3) is 0 Å². The third kappa shape index (κ3) is 3.16. The first kappa shape index (κ1) is 12.8. The van der Waals surface area contributed by atoms with E-state index in [2.05, 4.69) is 15.1 Å². The highest BCUT2D eigenvalue weighted by molar-refractivity contribution is 5.77. The van der Waals surface area contributed by atoms with Crippen molar-refractivity contribution in [2.45, 2.75) is 19.4 Å². The number of rotatable bonds is 3. The lowest BCUT2D eigenvalue weighted by Crippen LogP contribution is -2.49. The van der Waals surface area contributed by atoms with E-state index in [1.165, 1.54) is 0 Å². The lowest BCUT2D eigenvalue weighted by Gasteiger charge is -2.35. The van der Waals surface area contributed by atoms with Crippen LogP contribution in [0.5, 0.6) is 0 Å². The minimum atomic E-state index is -0.0736. The van der Waals surface area contributed by atoms with Crippen molar-refractivity contribution in [3.63, 3.8) is 0 Å². The lowest BCUT2D eigenvalue weighted by molar-refractivity contribution is -0.131. The molecule has 0 aromatic carbocycles. The summed E-state index contributed by atoms with van der Waals surface area (Å²) in [5.74, 6) is 1.01. The Morgan fingerprint density at radius 1 is 1.44 bits per heavy atom. The van der Waals surface area contributed by atoms with Crippen LogP contribution in [0.15, 0.2) is 18.3 Å². The molecule has 98 valence electrons. The fourth-order valence-corrected chi connectivity index (χ4v) is 2.05. The molecule has 0 bridgehead atoms. The third-order valence-electron chi connectivity index (χ3n) is 3.01. The number of hydrogen-bond acceptors (Lipinski definition) is 5. The van der Waals surface area contributed by atoms with E-state index in [4.69, 9.17) is 5.73 Å². The molecule has 2 N–H and O–H groups in total. The highest BCUT2D eigenvalue weighted by Gasteiger charge is 2.22. The average Bonchev–Trinajstić information content (AvgIpc) is 2.39. The molecule has 1 aliphatic heterocycles. The summed E-state index contributed by atoms with van der Waals surface area (Å²) in [6.45, 7) is 4.89. The van der Waals surface area contributed by atoms with Crippen molar-refractivity contribution in [2.75, 3.05) is 31.1 Å². The normalized spacial score (nSPS) is 17.7. The van der Waals surface area contributed by atoms with Crippen LogP contribution in [0.3, 0.4) is 0 Å². The molecule has 1 aromatic rings. The van der Waals surface area contributed by atoms with Gasteiger partial charge in [-0.25, -0.2) is 0 Å². The number of carbonyl (C=O) groups is 1. The van der Waals surface area contributed by atoms with Gasteiger partial charge in [0, 0.05) is 44.8 Å². The number of aromatic nitrogens is 2. The predicted molar refractivity (Wildman–Crippen MR) is 69.1 cm³/mol. The molecule has 0 spiro atoms. The van der Waals surface area contributed by atoms with E-state index >= 15 is 0 Å². The van der Waals surface area contributed by atoms with Gasteiger partial charge in [-0.05, 0) is 19.1 Å². The van der Waals surface area contributed by atoms with Crippen LogP contribution >= 0.6 is 0 Å². The van der Waals surface area contributed by atoms with E-state index in [0.29, 0.717) is 6.42 Å². The van der Waals surface area contributed by atoms with Gasteiger partial charge in [-0.15, -0.1) is 5.10 Å². The Bertz CT molecular complexity index is 387. The Balaban J connectivity index is 1.87. The van der Waals surface area contributed by atoms with Gasteiger partial charge in [-0.1, -0.05) is 0 Å². The standard InChI is InChI=1S/C12H19N5O/c1-10(13)9-12(18)17-7-5-16(6-8-17)11-3-2-4-14-15-11/h2-4,10H,5-9,13H2,1H3. The van der Waals surface area contributed by atoms with Gasteiger partial charge in [-0.2, -0.15) is 5.10 Å². The number of anilines is 1. The molecule has 1 atom stereocenters. The number of hydrogen-bond donors (Lipinski definition) is 1. The predicted octanol–water partition coefficient (Wildman–Crippen LogP) is -0.137. The maximum Gasteiger partial charge on any atom is 0.224 e. The highest BCUT2D eigenvalue weighted by atomic mass is 16.2. The van der Waals surface area contributed by atoms with Crippen LogP contribution in [0.2, 0.25) is 0 Å². The highest BCUT2D eigenvalue weighted by Crippen LogP contribution is 2.12. The van der Waals surface area contributed by atoms with Crippen LogP contribution < -0.4 is 10.6 Å². The summed E-state index contributed by atoms with van der Waals surface area (Å²) < 4.78 is 0. The molecule has 6 nitrogen and oxygen atoms in total. The maximum atomic E-state index is 11.9. The SMILES string of the molecule is CC(N)CC(=O)N1CCN(c2cccnn2)CC1. The van der Waals surface area contributed by atoms with Crippen molar-refractivity contribution < 1.29 is 4.79 Å². The summed E-state index contributed by atoms with van der Waals surface area (Å²) in [6.07, 6.45) is 2.08. The topological polar surface area (TPSA) is 75.4 Å². The number of nitrogens with two attached hydrogens (primary N) is 1. The van der Waals surface area contributed by atoms with Gasteiger partial charge in [-0.3, -0.25) is 4.79 Å². The molecule has 0 saturated carbocycles. The van der Waals surface area contributed by atoms with Gasteiger partial charge in [0.2, 0.25) is 5.91 Å². The third-order valence-corrected chi connectivity index (χ3v) is 3.01. The molecule has 0 radical (unpaired) electrons. The van der Waals surface area contributed by atoms with Crippen molar-refractivity contribution in [3.8, 4) is 0 Å². The molecule has 1 aliphatic rings. The van der Waals surface area contributed by atoms with Crippen molar-refractivity contribution in [1.29, 1.82) is 0 Å². The second-order valence-electron chi connectivity index (χ2n) is 4.63. The second kappa shape index (κ2) is 5.77. The van der Waals surface area contributed by atoms with E-state index < -0.39 is 0 Å². The first-order valence-corrected chi connectivity index (χ1v) is 6.23. The summed E-state index contributed by atoms with van der Waals surface area (Å²) in [7, 11) is 0. The summed E-state index contributed by atoms with van der Waals surface area (Å²) in [5, 5.41) is 7.94. The van der Waals surface area contributed by atoms with E-state index in [1.807, 2.05) is 24.0 Å². The summed E-state index contributed by atoms with van der Waals surface area (Å²) in [4.78, 5) is 15.9. The molecule has 6 heteroatoms. The molecule has 1 amide bonds. The smallest absolute Gasteiger partial charge is 0.224 e.